The van der Waals surface area contributed by atoms with Gasteiger partial charge in [0.25, 0.3) is 0 Å². The SMILES string of the molecule is Cc1ccccc1-c1cc(-c2ccccc2)nc2nc(=S)n(-c3ccc(F)cc3)c(N)c12. The molecule has 0 radical (unpaired) electrons. The summed E-state index contributed by atoms with van der Waals surface area (Å²) in [4.78, 5) is 9.43. The maximum absolute atomic E-state index is 13.5. The summed E-state index contributed by atoms with van der Waals surface area (Å²) in [6.07, 6.45) is 0. The Kier molecular flexibility index (Phi) is 4.99. The van der Waals surface area contributed by atoms with Gasteiger partial charge in [-0.3, -0.25) is 4.57 Å². The summed E-state index contributed by atoms with van der Waals surface area (Å²) in [6, 6.07) is 26.1. The summed E-state index contributed by atoms with van der Waals surface area (Å²) in [5.74, 6) is 0.0827. The Balaban J connectivity index is 1.89. The first-order valence-corrected chi connectivity index (χ1v) is 10.5. The topological polar surface area (TPSA) is 56.7 Å². The third-order valence-electron chi connectivity index (χ3n) is 5.48. The predicted molar refractivity (Wildman–Crippen MR) is 130 cm³/mol. The fraction of sp³-hybridized carbons (Fsp3) is 0.0385. The standard InChI is InChI=1S/C26H19FN4S/c1-16-7-5-6-10-20(16)21-15-22(17-8-3-2-4-9-17)29-25-23(21)24(28)31(26(32)30-25)19-13-11-18(27)12-14-19/h2-15H,28H2,1H3. The van der Waals surface area contributed by atoms with Crippen LogP contribution in [0.4, 0.5) is 10.2 Å². The summed E-state index contributed by atoms with van der Waals surface area (Å²) >= 11 is 5.57. The Hall–Kier alpha value is -3.90. The van der Waals surface area contributed by atoms with Gasteiger partial charge in [-0.05, 0) is 66.2 Å². The largest absolute Gasteiger partial charge is 0.384 e. The number of aromatic nitrogens is 3. The lowest BCUT2D eigenvalue weighted by molar-refractivity contribution is 0.627. The van der Waals surface area contributed by atoms with E-state index < -0.39 is 0 Å². The first-order chi connectivity index (χ1) is 15.5. The number of hydrogen-bond donors (Lipinski definition) is 1. The highest BCUT2D eigenvalue weighted by Crippen LogP contribution is 2.36. The van der Waals surface area contributed by atoms with Crippen LogP contribution in [0.5, 0.6) is 0 Å². The van der Waals surface area contributed by atoms with E-state index in [0.717, 1.165) is 27.9 Å². The summed E-state index contributed by atoms with van der Waals surface area (Å²) in [5.41, 5.74) is 12.6. The van der Waals surface area contributed by atoms with Crippen LogP contribution in [0.3, 0.4) is 0 Å². The second-order valence-electron chi connectivity index (χ2n) is 7.53. The Morgan fingerprint density at radius 3 is 2.25 bits per heavy atom. The van der Waals surface area contributed by atoms with E-state index in [1.165, 1.54) is 12.1 Å². The van der Waals surface area contributed by atoms with E-state index in [9.17, 15) is 4.39 Å². The molecule has 0 spiro atoms. The number of aryl methyl sites for hydroxylation is 1. The molecule has 0 aliphatic carbocycles. The number of pyridine rings is 1. The Labute approximate surface area is 189 Å². The average Bonchev–Trinajstić information content (AvgIpc) is 2.80. The molecule has 2 aromatic heterocycles. The second kappa shape index (κ2) is 7.98. The van der Waals surface area contributed by atoms with Crippen molar-refractivity contribution >= 4 is 29.1 Å². The molecule has 5 rings (SSSR count). The monoisotopic (exact) mass is 438 g/mol. The van der Waals surface area contributed by atoms with Gasteiger partial charge < -0.3 is 5.73 Å². The first-order valence-electron chi connectivity index (χ1n) is 10.1. The average molecular weight is 439 g/mol. The maximum atomic E-state index is 13.5. The van der Waals surface area contributed by atoms with E-state index >= 15 is 0 Å². The number of hydrogen-bond acceptors (Lipinski definition) is 4. The van der Waals surface area contributed by atoms with E-state index in [-0.39, 0.29) is 10.6 Å². The van der Waals surface area contributed by atoms with Crippen LogP contribution < -0.4 is 5.73 Å². The fourth-order valence-corrected chi connectivity index (χ4v) is 4.19. The Morgan fingerprint density at radius 2 is 1.53 bits per heavy atom. The predicted octanol–water partition coefficient (Wildman–Crippen LogP) is 6.51. The minimum Gasteiger partial charge on any atom is -0.384 e. The quantitative estimate of drug-likeness (QED) is 0.326. The maximum Gasteiger partial charge on any atom is 0.207 e. The molecule has 0 aliphatic heterocycles. The minimum atomic E-state index is -0.331. The number of nitrogen functional groups attached to an aromatic ring is 1. The highest BCUT2D eigenvalue weighted by atomic mass is 32.1. The van der Waals surface area contributed by atoms with E-state index in [1.54, 1.807) is 16.7 Å². The van der Waals surface area contributed by atoms with Crippen molar-refractivity contribution in [2.24, 2.45) is 0 Å². The second-order valence-corrected chi connectivity index (χ2v) is 7.89. The number of anilines is 1. The molecule has 0 atom stereocenters. The van der Waals surface area contributed by atoms with Crippen molar-refractivity contribution in [2.75, 3.05) is 5.73 Å². The van der Waals surface area contributed by atoms with Crippen molar-refractivity contribution in [3.05, 3.63) is 101 Å². The molecule has 0 unspecified atom stereocenters. The molecule has 6 heteroatoms. The van der Waals surface area contributed by atoms with E-state index in [2.05, 4.69) is 24.0 Å². The summed E-state index contributed by atoms with van der Waals surface area (Å²) < 4.78 is 15.4. The van der Waals surface area contributed by atoms with Crippen molar-refractivity contribution in [3.63, 3.8) is 0 Å². The van der Waals surface area contributed by atoms with Crippen LogP contribution in [0.15, 0.2) is 84.9 Å². The summed E-state index contributed by atoms with van der Waals surface area (Å²) in [5, 5.41) is 0.705. The third kappa shape index (κ3) is 3.44. The van der Waals surface area contributed by atoms with Crippen molar-refractivity contribution in [1.29, 1.82) is 0 Å². The van der Waals surface area contributed by atoms with Crippen LogP contribution in [0, 0.1) is 17.5 Å². The third-order valence-corrected chi connectivity index (χ3v) is 5.75. The zero-order chi connectivity index (χ0) is 22.2. The van der Waals surface area contributed by atoms with Gasteiger partial charge in [0.1, 0.15) is 11.6 Å². The zero-order valence-electron chi connectivity index (χ0n) is 17.3. The highest BCUT2D eigenvalue weighted by molar-refractivity contribution is 7.71. The smallest absolute Gasteiger partial charge is 0.207 e. The molecule has 5 aromatic rings. The molecule has 156 valence electrons. The van der Waals surface area contributed by atoms with Crippen molar-refractivity contribution in [2.45, 2.75) is 6.92 Å². The molecule has 2 heterocycles. The lowest BCUT2D eigenvalue weighted by Gasteiger charge is -2.17. The van der Waals surface area contributed by atoms with Gasteiger partial charge in [0, 0.05) is 5.56 Å². The minimum absolute atomic E-state index is 0.259. The first kappa shape index (κ1) is 20.0. The number of rotatable bonds is 3. The van der Waals surface area contributed by atoms with E-state index in [0.29, 0.717) is 22.5 Å². The molecular formula is C26H19FN4S. The van der Waals surface area contributed by atoms with E-state index in [4.69, 9.17) is 22.9 Å². The molecule has 0 amide bonds. The van der Waals surface area contributed by atoms with Gasteiger partial charge in [0.05, 0.1) is 16.8 Å². The van der Waals surface area contributed by atoms with Crippen LogP contribution in [0.25, 0.3) is 39.1 Å². The zero-order valence-corrected chi connectivity index (χ0v) is 18.1. The van der Waals surface area contributed by atoms with Crippen LogP contribution >= 0.6 is 12.2 Å². The number of nitrogens with zero attached hydrogens (tertiary/aromatic N) is 3. The molecular weight excluding hydrogens is 419 g/mol. The van der Waals surface area contributed by atoms with Gasteiger partial charge in [-0.25, -0.2) is 9.37 Å². The number of halogens is 1. The number of fused-ring (bicyclic) bond motifs is 1. The molecule has 4 nitrogen and oxygen atoms in total. The van der Waals surface area contributed by atoms with Gasteiger partial charge in [0.15, 0.2) is 5.65 Å². The van der Waals surface area contributed by atoms with Crippen molar-refractivity contribution in [3.8, 4) is 28.1 Å². The van der Waals surface area contributed by atoms with Gasteiger partial charge in [-0.15, -0.1) is 0 Å². The molecule has 32 heavy (non-hydrogen) atoms. The lowest BCUT2D eigenvalue weighted by atomic mass is 9.96. The molecule has 0 bridgehead atoms. The molecule has 0 saturated heterocycles. The summed E-state index contributed by atoms with van der Waals surface area (Å²) in [6.45, 7) is 2.06. The molecule has 3 aromatic carbocycles. The van der Waals surface area contributed by atoms with Gasteiger partial charge in [0.2, 0.25) is 4.77 Å². The lowest BCUT2D eigenvalue weighted by Crippen LogP contribution is -2.09. The molecule has 0 saturated carbocycles. The van der Waals surface area contributed by atoms with Gasteiger partial charge in [-0.2, -0.15) is 4.98 Å². The van der Waals surface area contributed by atoms with Crippen molar-refractivity contribution in [1.82, 2.24) is 14.5 Å². The molecule has 0 fully saturated rings. The fourth-order valence-electron chi connectivity index (χ4n) is 3.90. The van der Waals surface area contributed by atoms with Crippen LogP contribution in [0.2, 0.25) is 0 Å². The number of benzene rings is 3. The van der Waals surface area contributed by atoms with Crippen LogP contribution in [-0.2, 0) is 0 Å². The van der Waals surface area contributed by atoms with Crippen molar-refractivity contribution < 1.29 is 4.39 Å². The normalized spacial score (nSPS) is 11.1. The van der Waals surface area contributed by atoms with Crippen LogP contribution in [-0.4, -0.2) is 14.5 Å². The Bertz CT molecular complexity index is 1510. The number of nitrogens with two attached hydrogens (primary N) is 1. The van der Waals surface area contributed by atoms with Crippen LogP contribution in [0.1, 0.15) is 5.56 Å². The molecule has 2 N–H and O–H groups in total. The Morgan fingerprint density at radius 1 is 0.844 bits per heavy atom. The van der Waals surface area contributed by atoms with Gasteiger partial charge in [-0.1, -0.05) is 54.6 Å². The highest BCUT2D eigenvalue weighted by Gasteiger charge is 2.18. The van der Waals surface area contributed by atoms with Gasteiger partial charge >= 0.3 is 0 Å². The summed E-state index contributed by atoms with van der Waals surface area (Å²) in [7, 11) is 0. The van der Waals surface area contributed by atoms with E-state index in [1.807, 2.05) is 48.5 Å². The molecule has 0 aliphatic rings.